The Hall–Kier alpha value is -0.140. The molecule has 1 aliphatic heterocycles. The van der Waals surface area contributed by atoms with Gasteiger partial charge in [0.2, 0.25) is 10.0 Å². The van der Waals surface area contributed by atoms with E-state index in [-0.39, 0.29) is 9.92 Å². The lowest BCUT2D eigenvalue weighted by atomic mass is 10.0. The quantitative estimate of drug-likeness (QED) is 0.873. The van der Waals surface area contributed by atoms with Crippen molar-refractivity contribution >= 4 is 37.6 Å². The molecule has 1 N–H and O–H groups in total. The molecule has 1 aliphatic rings. The van der Waals surface area contributed by atoms with Gasteiger partial charge in [-0.2, -0.15) is 4.31 Å². The highest BCUT2D eigenvalue weighted by molar-refractivity contribution is 9.10. The minimum Gasteiger partial charge on any atom is -0.314 e. The van der Waals surface area contributed by atoms with Crippen LogP contribution in [-0.4, -0.2) is 37.9 Å². The second kappa shape index (κ2) is 5.33. The van der Waals surface area contributed by atoms with E-state index in [1.165, 1.54) is 4.31 Å². The molecule has 1 heterocycles. The molecule has 0 spiro atoms. The van der Waals surface area contributed by atoms with Crippen molar-refractivity contribution in [3.8, 4) is 0 Å². The van der Waals surface area contributed by atoms with Crippen molar-refractivity contribution in [2.75, 3.05) is 19.6 Å². The zero-order valence-corrected chi connectivity index (χ0v) is 13.9. The highest BCUT2D eigenvalue weighted by Crippen LogP contribution is 2.31. The fourth-order valence-corrected chi connectivity index (χ4v) is 5.01. The highest BCUT2D eigenvalue weighted by atomic mass is 79.9. The van der Waals surface area contributed by atoms with E-state index in [1.54, 1.807) is 18.2 Å². The van der Waals surface area contributed by atoms with Gasteiger partial charge in [0.05, 0.1) is 5.02 Å². The summed E-state index contributed by atoms with van der Waals surface area (Å²) in [4.78, 5) is 0.160. The molecule has 0 unspecified atom stereocenters. The molecule has 106 valence electrons. The van der Waals surface area contributed by atoms with Gasteiger partial charge in [0, 0.05) is 29.6 Å². The summed E-state index contributed by atoms with van der Waals surface area (Å²) < 4.78 is 27.7. The van der Waals surface area contributed by atoms with Crippen LogP contribution in [0.2, 0.25) is 5.02 Å². The third-order valence-corrected chi connectivity index (χ3v) is 6.27. The van der Waals surface area contributed by atoms with E-state index in [1.807, 2.05) is 13.8 Å². The standard InChI is InChI=1S/C12H16BrClN2O2S/c1-12(2)8-15-5-6-16(12)19(17,18)11-4-3-9(13)7-10(11)14/h3-4,7,15H,5-6,8H2,1-2H3. The average Bonchev–Trinajstić information content (AvgIpc) is 2.27. The number of hydrogen-bond acceptors (Lipinski definition) is 3. The van der Waals surface area contributed by atoms with Crippen LogP contribution in [0, 0.1) is 0 Å². The van der Waals surface area contributed by atoms with E-state index in [2.05, 4.69) is 21.2 Å². The summed E-state index contributed by atoms with van der Waals surface area (Å²) in [5.74, 6) is 0. The number of halogens is 2. The van der Waals surface area contributed by atoms with E-state index in [0.29, 0.717) is 19.6 Å². The van der Waals surface area contributed by atoms with E-state index in [0.717, 1.165) is 4.47 Å². The van der Waals surface area contributed by atoms with Gasteiger partial charge >= 0.3 is 0 Å². The number of hydrogen-bond donors (Lipinski definition) is 1. The van der Waals surface area contributed by atoms with Crippen LogP contribution in [0.3, 0.4) is 0 Å². The van der Waals surface area contributed by atoms with E-state index in [4.69, 9.17) is 11.6 Å². The van der Waals surface area contributed by atoms with Crippen molar-refractivity contribution in [2.45, 2.75) is 24.3 Å². The Kier molecular flexibility index (Phi) is 4.28. The van der Waals surface area contributed by atoms with E-state index in [9.17, 15) is 8.42 Å². The van der Waals surface area contributed by atoms with Crippen molar-refractivity contribution < 1.29 is 8.42 Å². The number of rotatable bonds is 2. The minimum atomic E-state index is -3.58. The van der Waals surface area contributed by atoms with Gasteiger partial charge < -0.3 is 5.32 Å². The molecule has 4 nitrogen and oxygen atoms in total. The molecule has 1 aromatic rings. The third kappa shape index (κ3) is 2.97. The Labute approximate surface area is 127 Å². The van der Waals surface area contributed by atoms with Crippen LogP contribution in [-0.2, 0) is 10.0 Å². The van der Waals surface area contributed by atoms with Crippen LogP contribution in [0.1, 0.15) is 13.8 Å². The van der Waals surface area contributed by atoms with Crippen molar-refractivity contribution in [2.24, 2.45) is 0 Å². The fraction of sp³-hybridized carbons (Fsp3) is 0.500. The third-order valence-electron chi connectivity index (χ3n) is 3.19. The molecule has 1 aromatic carbocycles. The van der Waals surface area contributed by atoms with Gasteiger partial charge in [0.25, 0.3) is 0 Å². The summed E-state index contributed by atoms with van der Waals surface area (Å²) in [5, 5.41) is 3.45. The lowest BCUT2D eigenvalue weighted by Gasteiger charge is -2.41. The van der Waals surface area contributed by atoms with Crippen LogP contribution in [0.15, 0.2) is 27.6 Å². The zero-order valence-electron chi connectivity index (χ0n) is 10.8. The number of benzene rings is 1. The Morgan fingerprint density at radius 3 is 2.68 bits per heavy atom. The molecule has 0 saturated carbocycles. The SMILES string of the molecule is CC1(C)CNCCN1S(=O)(=O)c1ccc(Br)cc1Cl. The predicted molar refractivity (Wildman–Crippen MR) is 80.0 cm³/mol. The molecule has 1 saturated heterocycles. The van der Waals surface area contributed by atoms with Crippen LogP contribution in [0.5, 0.6) is 0 Å². The number of nitrogens with one attached hydrogen (secondary N) is 1. The van der Waals surface area contributed by atoms with Crippen LogP contribution < -0.4 is 5.32 Å². The largest absolute Gasteiger partial charge is 0.314 e. The van der Waals surface area contributed by atoms with E-state index >= 15 is 0 Å². The first-order valence-corrected chi connectivity index (χ1v) is 8.55. The maximum atomic E-state index is 12.7. The van der Waals surface area contributed by atoms with Gasteiger partial charge in [0.1, 0.15) is 4.90 Å². The molecule has 2 rings (SSSR count). The number of sulfonamides is 1. The van der Waals surface area contributed by atoms with Crippen molar-refractivity contribution in [3.05, 3.63) is 27.7 Å². The first-order chi connectivity index (χ1) is 8.75. The molecule has 0 aromatic heterocycles. The Morgan fingerprint density at radius 1 is 1.42 bits per heavy atom. The van der Waals surface area contributed by atoms with Gasteiger partial charge in [0.15, 0.2) is 0 Å². The molecule has 0 atom stereocenters. The van der Waals surface area contributed by atoms with Gasteiger partial charge in [-0.05, 0) is 32.0 Å². The first kappa shape index (κ1) is 15.3. The minimum absolute atomic E-state index is 0.160. The van der Waals surface area contributed by atoms with Gasteiger partial charge in [-0.25, -0.2) is 8.42 Å². The molecule has 1 fully saturated rings. The van der Waals surface area contributed by atoms with E-state index < -0.39 is 15.6 Å². The molecular formula is C12H16BrClN2O2S. The average molecular weight is 368 g/mol. The zero-order chi connectivity index (χ0) is 14.3. The first-order valence-electron chi connectivity index (χ1n) is 5.94. The number of piperazine rings is 1. The topological polar surface area (TPSA) is 49.4 Å². The molecular weight excluding hydrogens is 352 g/mol. The monoisotopic (exact) mass is 366 g/mol. The van der Waals surface area contributed by atoms with Gasteiger partial charge in [-0.15, -0.1) is 0 Å². The van der Waals surface area contributed by atoms with Crippen molar-refractivity contribution in [1.29, 1.82) is 0 Å². The summed E-state index contributed by atoms with van der Waals surface area (Å²) in [5.41, 5.74) is -0.465. The Bertz CT molecular complexity index is 589. The Balaban J connectivity index is 2.47. The lowest BCUT2D eigenvalue weighted by Crippen LogP contribution is -2.59. The second-order valence-corrected chi connectivity index (χ2v) is 8.29. The van der Waals surface area contributed by atoms with Gasteiger partial charge in [-0.3, -0.25) is 0 Å². The normalized spacial score (nSPS) is 20.4. The molecule has 7 heteroatoms. The smallest absolute Gasteiger partial charge is 0.245 e. The van der Waals surface area contributed by atoms with Gasteiger partial charge in [-0.1, -0.05) is 27.5 Å². The van der Waals surface area contributed by atoms with Crippen LogP contribution in [0.4, 0.5) is 0 Å². The van der Waals surface area contributed by atoms with Crippen LogP contribution in [0.25, 0.3) is 0 Å². The highest BCUT2D eigenvalue weighted by Gasteiger charge is 2.39. The fourth-order valence-electron chi connectivity index (χ4n) is 2.21. The molecule has 0 aliphatic carbocycles. The van der Waals surface area contributed by atoms with Crippen molar-refractivity contribution in [1.82, 2.24) is 9.62 Å². The summed E-state index contributed by atoms with van der Waals surface area (Å²) in [6.45, 7) is 5.53. The molecule has 0 amide bonds. The molecule has 0 bridgehead atoms. The maximum absolute atomic E-state index is 12.7. The van der Waals surface area contributed by atoms with Crippen LogP contribution >= 0.6 is 27.5 Å². The summed E-state index contributed by atoms with van der Waals surface area (Å²) >= 11 is 9.35. The summed E-state index contributed by atoms with van der Waals surface area (Å²) in [6, 6.07) is 4.83. The molecule has 19 heavy (non-hydrogen) atoms. The maximum Gasteiger partial charge on any atom is 0.245 e. The Morgan fingerprint density at radius 2 is 2.11 bits per heavy atom. The summed E-state index contributed by atoms with van der Waals surface area (Å²) in [6.07, 6.45) is 0. The summed E-state index contributed by atoms with van der Waals surface area (Å²) in [7, 11) is -3.58. The molecule has 0 radical (unpaired) electrons. The van der Waals surface area contributed by atoms with Crippen molar-refractivity contribution in [3.63, 3.8) is 0 Å². The second-order valence-electron chi connectivity index (χ2n) is 5.14. The lowest BCUT2D eigenvalue weighted by molar-refractivity contribution is 0.186. The number of nitrogens with zero attached hydrogens (tertiary/aromatic N) is 1. The predicted octanol–water partition coefficient (Wildman–Crippen LogP) is 2.48.